The summed E-state index contributed by atoms with van der Waals surface area (Å²) >= 11 is 6.08. The standard InChI is InChI=1S/C14H15ClO4/c1-17-12(16)14(15)13(19-14)7-11(8-13)18-9-10-5-3-2-4-6-10/h2-6,11H,7-9H2,1H3. The van der Waals surface area contributed by atoms with Crippen LogP contribution in [0.3, 0.4) is 0 Å². The van der Waals surface area contributed by atoms with Crippen LogP contribution in [0.1, 0.15) is 18.4 Å². The minimum Gasteiger partial charge on any atom is -0.466 e. The smallest absolute Gasteiger partial charge is 0.357 e. The summed E-state index contributed by atoms with van der Waals surface area (Å²) in [7, 11) is 1.31. The van der Waals surface area contributed by atoms with E-state index >= 15 is 0 Å². The van der Waals surface area contributed by atoms with Crippen molar-refractivity contribution in [3.8, 4) is 0 Å². The molecule has 0 radical (unpaired) electrons. The van der Waals surface area contributed by atoms with Gasteiger partial charge < -0.3 is 14.2 Å². The van der Waals surface area contributed by atoms with Gasteiger partial charge in [-0.2, -0.15) is 0 Å². The van der Waals surface area contributed by atoms with Crippen molar-refractivity contribution in [3.05, 3.63) is 35.9 Å². The van der Waals surface area contributed by atoms with Crippen LogP contribution in [0.25, 0.3) is 0 Å². The van der Waals surface area contributed by atoms with Crippen LogP contribution in [-0.4, -0.2) is 29.8 Å². The highest BCUT2D eigenvalue weighted by Crippen LogP contribution is 2.63. The van der Waals surface area contributed by atoms with Crippen LogP contribution in [0.15, 0.2) is 30.3 Å². The van der Waals surface area contributed by atoms with Crippen molar-refractivity contribution in [2.24, 2.45) is 0 Å². The first-order valence-electron chi connectivity index (χ1n) is 6.23. The summed E-state index contributed by atoms with van der Waals surface area (Å²) in [5.74, 6) is -0.518. The fraction of sp³-hybridized carbons (Fsp3) is 0.500. The van der Waals surface area contributed by atoms with E-state index in [4.69, 9.17) is 21.1 Å². The van der Waals surface area contributed by atoms with Gasteiger partial charge in [-0.1, -0.05) is 41.9 Å². The summed E-state index contributed by atoms with van der Waals surface area (Å²) in [6.07, 6.45) is 1.36. The largest absolute Gasteiger partial charge is 0.466 e. The van der Waals surface area contributed by atoms with Gasteiger partial charge in [0.25, 0.3) is 5.06 Å². The van der Waals surface area contributed by atoms with Crippen LogP contribution in [0, 0.1) is 0 Å². The van der Waals surface area contributed by atoms with Gasteiger partial charge in [0.15, 0.2) is 0 Å². The Morgan fingerprint density at radius 3 is 2.74 bits per heavy atom. The van der Waals surface area contributed by atoms with Gasteiger partial charge in [-0.15, -0.1) is 0 Å². The van der Waals surface area contributed by atoms with Gasteiger partial charge in [0.1, 0.15) is 5.60 Å². The van der Waals surface area contributed by atoms with E-state index in [1.807, 2.05) is 30.3 Å². The van der Waals surface area contributed by atoms with Crippen molar-refractivity contribution in [1.29, 1.82) is 0 Å². The van der Waals surface area contributed by atoms with Crippen LogP contribution >= 0.6 is 11.6 Å². The number of halogens is 1. The summed E-state index contributed by atoms with van der Waals surface area (Å²) in [5.41, 5.74) is 0.563. The summed E-state index contributed by atoms with van der Waals surface area (Å²) in [6.45, 7) is 0.565. The quantitative estimate of drug-likeness (QED) is 0.483. The molecule has 1 aromatic carbocycles. The highest BCUT2D eigenvalue weighted by atomic mass is 35.5. The van der Waals surface area contributed by atoms with E-state index in [-0.39, 0.29) is 6.10 Å². The third-order valence-corrected chi connectivity index (χ3v) is 4.35. The van der Waals surface area contributed by atoms with Crippen molar-refractivity contribution in [3.63, 3.8) is 0 Å². The van der Waals surface area contributed by atoms with Crippen molar-refractivity contribution in [2.45, 2.75) is 36.2 Å². The first-order chi connectivity index (χ1) is 9.10. The van der Waals surface area contributed by atoms with Gasteiger partial charge in [0.05, 0.1) is 19.8 Å². The molecular weight excluding hydrogens is 268 g/mol. The molecule has 1 aliphatic heterocycles. The highest BCUT2D eigenvalue weighted by molar-refractivity contribution is 6.36. The van der Waals surface area contributed by atoms with Gasteiger partial charge in [0, 0.05) is 12.8 Å². The molecule has 1 unspecified atom stereocenters. The minimum atomic E-state index is -1.28. The molecule has 102 valence electrons. The maximum atomic E-state index is 11.5. The summed E-state index contributed by atoms with van der Waals surface area (Å²) in [4.78, 5) is 11.5. The average molecular weight is 283 g/mol. The Hall–Kier alpha value is -1.10. The molecule has 1 aliphatic carbocycles. The predicted molar refractivity (Wildman–Crippen MR) is 68.7 cm³/mol. The number of rotatable bonds is 4. The first kappa shape index (κ1) is 12.9. The van der Waals surface area contributed by atoms with E-state index in [1.165, 1.54) is 7.11 Å². The van der Waals surface area contributed by atoms with E-state index in [0.29, 0.717) is 19.4 Å². The van der Waals surface area contributed by atoms with E-state index in [9.17, 15) is 4.79 Å². The lowest BCUT2D eigenvalue weighted by atomic mass is 9.79. The van der Waals surface area contributed by atoms with Crippen LogP contribution in [-0.2, 0) is 25.6 Å². The molecule has 1 atom stereocenters. The van der Waals surface area contributed by atoms with E-state index < -0.39 is 16.6 Å². The fourth-order valence-corrected chi connectivity index (χ4v) is 2.91. The van der Waals surface area contributed by atoms with Crippen molar-refractivity contribution in [2.75, 3.05) is 7.11 Å². The molecule has 4 nitrogen and oxygen atoms in total. The zero-order valence-electron chi connectivity index (χ0n) is 10.6. The molecule has 3 rings (SSSR count). The Morgan fingerprint density at radius 1 is 1.42 bits per heavy atom. The van der Waals surface area contributed by atoms with Crippen molar-refractivity contribution < 1.29 is 19.0 Å². The number of carbonyl (C=O) groups excluding carboxylic acids is 1. The Balaban J connectivity index is 1.48. The van der Waals surface area contributed by atoms with Crippen molar-refractivity contribution >= 4 is 17.6 Å². The number of benzene rings is 1. The van der Waals surface area contributed by atoms with Crippen LogP contribution in [0.4, 0.5) is 0 Å². The lowest BCUT2D eigenvalue weighted by molar-refractivity contribution is -0.143. The molecule has 1 spiro atoms. The molecule has 1 heterocycles. The molecule has 1 saturated carbocycles. The minimum absolute atomic E-state index is 0.0884. The Labute approximate surface area is 116 Å². The molecule has 5 heteroatoms. The molecule has 1 aromatic rings. The number of hydrogen-bond acceptors (Lipinski definition) is 4. The van der Waals surface area contributed by atoms with Gasteiger partial charge in [0.2, 0.25) is 0 Å². The Kier molecular flexibility index (Phi) is 3.04. The molecule has 0 bridgehead atoms. The summed E-state index contributed by atoms with van der Waals surface area (Å²) in [5, 5.41) is -1.28. The van der Waals surface area contributed by atoms with Gasteiger partial charge in [-0.25, -0.2) is 4.79 Å². The topological polar surface area (TPSA) is 48.1 Å². The molecule has 2 fully saturated rings. The molecule has 0 N–H and O–H groups in total. The zero-order chi connectivity index (χ0) is 13.5. The SMILES string of the molecule is COC(=O)C1(Cl)OC12CC(OCc1ccccc1)C2. The predicted octanol–water partition coefficient (Wildman–Crippen LogP) is 2.24. The van der Waals surface area contributed by atoms with Crippen LogP contribution in [0.5, 0.6) is 0 Å². The molecule has 1 saturated heterocycles. The second-order valence-corrected chi connectivity index (χ2v) is 5.54. The number of esters is 1. The fourth-order valence-electron chi connectivity index (χ4n) is 2.53. The van der Waals surface area contributed by atoms with Gasteiger partial charge in [-0.3, -0.25) is 0 Å². The number of alkyl halides is 1. The Bertz CT molecular complexity index is 483. The van der Waals surface area contributed by atoms with Crippen LogP contribution < -0.4 is 0 Å². The van der Waals surface area contributed by atoms with Gasteiger partial charge in [-0.05, 0) is 5.56 Å². The van der Waals surface area contributed by atoms with Gasteiger partial charge >= 0.3 is 5.97 Å². The van der Waals surface area contributed by atoms with Crippen molar-refractivity contribution in [1.82, 2.24) is 0 Å². The van der Waals surface area contributed by atoms with E-state index in [2.05, 4.69) is 4.74 Å². The maximum Gasteiger partial charge on any atom is 0.357 e. The Morgan fingerprint density at radius 2 is 2.11 bits per heavy atom. The number of hydrogen-bond donors (Lipinski definition) is 0. The number of carbonyl (C=O) groups is 1. The molecule has 0 aromatic heterocycles. The highest BCUT2D eigenvalue weighted by Gasteiger charge is 2.80. The van der Waals surface area contributed by atoms with E-state index in [0.717, 1.165) is 5.56 Å². The normalized spacial score (nSPS) is 35.8. The third kappa shape index (κ3) is 2.04. The second-order valence-electron chi connectivity index (χ2n) is 5.01. The summed E-state index contributed by atoms with van der Waals surface area (Å²) in [6, 6.07) is 9.96. The molecule has 0 amide bonds. The summed E-state index contributed by atoms with van der Waals surface area (Å²) < 4.78 is 15.8. The number of ether oxygens (including phenoxy) is 3. The monoisotopic (exact) mass is 282 g/mol. The third-order valence-electron chi connectivity index (χ3n) is 3.77. The lowest BCUT2D eigenvalue weighted by Crippen LogP contribution is -2.45. The average Bonchev–Trinajstić information content (AvgIpc) is 3.03. The first-order valence-corrected chi connectivity index (χ1v) is 6.60. The molecule has 2 aliphatic rings. The van der Waals surface area contributed by atoms with E-state index in [1.54, 1.807) is 0 Å². The molecule has 19 heavy (non-hydrogen) atoms. The number of methoxy groups -OCH3 is 1. The maximum absolute atomic E-state index is 11.5. The second kappa shape index (κ2) is 4.47. The lowest BCUT2D eigenvalue weighted by Gasteiger charge is -2.33. The van der Waals surface area contributed by atoms with Crippen LogP contribution in [0.2, 0.25) is 0 Å². The number of epoxide rings is 1. The zero-order valence-corrected chi connectivity index (χ0v) is 11.4. The molecular formula is C14H15ClO4.